The van der Waals surface area contributed by atoms with E-state index in [0.29, 0.717) is 17.4 Å². The second-order valence-corrected chi connectivity index (χ2v) is 4.08. The molecule has 2 aromatic heterocycles. The number of ether oxygens (including phenoxy) is 1. The Bertz CT molecular complexity index is 599. The van der Waals surface area contributed by atoms with E-state index in [1.54, 1.807) is 0 Å². The summed E-state index contributed by atoms with van der Waals surface area (Å²) in [5.74, 6) is -0.111. The van der Waals surface area contributed by atoms with Crippen molar-refractivity contribution in [3.05, 3.63) is 29.2 Å². The summed E-state index contributed by atoms with van der Waals surface area (Å²) in [4.78, 5) is 23.3. The van der Waals surface area contributed by atoms with E-state index in [9.17, 15) is 4.79 Å². The van der Waals surface area contributed by atoms with Gasteiger partial charge in [-0.05, 0) is 6.42 Å². The van der Waals surface area contributed by atoms with Gasteiger partial charge in [0.25, 0.3) is 5.82 Å². The second kappa shape index (κ2) is 5.75. The van der Waals surface area contributed by atoms with Gasteiger partial charge in [-0.15, -0.1) is 5.10 Å². The van der Waals surface area contributed by atoms with Crippen LogP contribution >= 0.6 is 11.6 Å². The first-order valence-corrected chi connectivity index (χ1v) is 6.04. The smallest absolute Gasteiger partial charge is 0.377 e. The number of aromatic nitrogens is 5. The molecular weight excluding hydrogens is 270 g/mol. The quantitative estimate of drug-likeness (QED) is 0.623. The normalized spacial score (nSPS) is 10.5. The largest absolute Gasteiger partial charge is 0.463 e. The summed E-state index contributed by atoms with van der Waals surface area (Å²) < 4.78 is 5.94. The zero-order valence-electron chi connectivity index (χ0n) is 10.5. The summed E-state index contributed by atoms with van der Waals surface area (Å²) in [6.45, 7) is 2.02. The molecule has 0 saturated heterocycles. The van der Waals surface area contributed by atoms with Gasteiger partial charge in [0, 0.05) is 5.56 Å². The van der Waals surface area contributed by atoms with Gasteiger partial charge in [-0.3, -0.25) is 0 Å². The van der Waals surface area contributed by atoms with Gasteiger partial charge in [-0.1, -0.05) is 24.9 Å². The van der Waals surface area contributed by atoms with Crippen LogP contribution < -0.4 is 0 Å². The van der Waals surface area contributed by atoms with Crippen LogP contribution in [0.15, 0.2) is 12.7 Å². The first-order chi connectivity index (χ1) is 9.17. The maximum Gasteiger partial charge on any atom is 0.377 e. The molecule has 0 saturated carbocycles. The molecule has 0 unspecified atom stereocenters. The van der Waals surface area contributed by atoms with Crippen molar-refractivity contribution in [2.24, 2.45) is 0 Å². The Hall–Kier alpha value is -2.02. The fraction of sp³-hybridized carbons (Fsp3) is 0.364. The van der Waals surface area contributed by atoms with E-state index in [1.165, 1.54) is 24.4 Å². The van der Waals surface area contributed by atoms with Crippen molar-refractivity contribution in [1.82, 2.24) is 24.7 Å². The van der Waals surface area contributed by atoms with Gasteiger partial charge in [0.1, 0.15) is 17.8 Å². The SMILES string of the molecule is CCCc1c(Cl)ncnc1-n1cnc(C(=O)OC)n1. The minimum Gasteiger partial charge on any atom is -0.463 e. The van der Waals surface area contributed by atoms with Crippen LogP contribution in [0.1, 0.15) is 29.5 Å². The van der Waals surface area contributed by atoms with Gasteiger partial charge < -0.3 is 4.74 Å². The lowest BCUT2D eigenvalue weighted by molar-refractivity contribution is 0.0587. The lowest BCUT2D eigenvalue weighted by Gasteiger charge is -2.07. The summed E-state index contributed by atoms with van der Waals surface area (Å²) in [7, 11) is 1.27. The van der Waals surface area contributed by atoms with Gasteiger partial charge >= 0.3 is 5.97 Å². The number of carbonyl (C=O) groups is 1. The zero-order chi connectivity index (χ0) is 13.8. The number of hydrogen-bond acceptors (Lipinski definition) is 6. The molecule has 0 fully saturated rings. The van der Waals surface area contributed by atoms with Crippen LogP contribution in [0, 0.1) is 0 Å². The maximum atomic E-state index is 11.3. The molecule has 2 heterocycles. The van der Waals surface area contributed by atoms with Crippen molar-refractivity contribution in [1.29, 1.82) is 0 Å². The number of esters is 1. The molecule has 0 aliphatic heterocycles. The molecule has 0 amide bonds. The van der Waals surface area contributed by atoms with Gasteiger partial charge in [0.15, 0.2) is 5.82 Å². The van der Waals surface area contributed by atoms with Crippen molar-refractivity contribution >= 4 is 17.6 Å². The number of rotatable bonds is 4. The predicted molar refractivity (Wildman–Crippen MR) is 67.3 cm³/mol. The minimum atomic E-state index is -0.601. The third-order valence-electron chi connectivity index (χ3n) is 2.45. The first-order valence-electron chi connectivity index (χ1n) is 5.67. The lowest BCUT2D eigenvalue weighted by Crippen LogP contribution is -2.08. The average Bonchev–Trinajstić information content (AvgIpc) is 2.90. The van der Waals surface area contributed by atoms with Gasteiger partial charge in [-0.25, -0.2) is 24.4 Å². The van der Waals surface area contributed by atoms with E-state index in [4.69, 9.17) is 11.6 Å². The molecule has 2 rings (SSSR count). The van der Waals surface area contributed by atoms with Gasteiger partial charge in [-0.2, -0.15) is 0 Å². The molecule has 0 radical (unpaired) electrons. The summed E-state index contributed by atoms with van der Waals surface area (Å²) in [6, 6.07) is 0. The Morgan fingerprint density at radius 1 is 1.42 bits per heavy atom. The number of hydrogen-bond donors (Lipinski definition) is 0. The fourth-order valence-corrected chi connectivity index (χ4v) is 1.82. The van der Waals surface area contributed by atoms with Crippen LogP contribution in [0.5, 0.6) is 0 Å². The van der Waals surface area contributed by atoms with Crippen molar-refractivity contribution in [3.63, 3.8) is 0 Å². The molecule has 100 valence electrons. The molecule has 2 aromatic rings. The Morgan fingerprint density at radius 3 is 2.89 bits per heavy atom. The number of methoxy groups -OCH3 is 1. The molecule has 7 nitrogen and oxygen atoms in total. The summed E-state index contributed by atoms with van der Waals surface area (Å²) in [6.07, 6.45) is 4.33. The summed E-state index contributed by atoms with van der Waals surface area (Å²) in [5, 5.41) is 4.39. The fourth-order valence-electron chi connectivity index (χ4n) is 1.59. The zero-order valence-corrected chi connectivity index (χ0v) is 11.3. The molecule has 0 aliphatic carbocycles. The topological polar surface area (TPSA) is 82.8 Å². The van der Waals surface area contributed by atoms with E-state index in [2.05, 4.69) is 24.8 Å². The van der Waals surface area contributed by atoms with Crippen molar-refractivity contribution in [3.8, 4) is 5.82 Å². The van der Waals surface area contributed by atoms with E-state index < -0.39 is 5.97 Å². The van der Waals surface area contributed by atoms with E-state index in [-0.39, 0.29) is 5.82 Å². The highest BCUT2D eigenvalue weighted by atomic mass is 35.5. The highest BCUT2D eigenvalue weighted by Gasteiger charge is 2.16. The second-order valence-electron chi connectivity index (χ2n) is 3.72. The van der Waals surface area contributed by atoms with E-state index in [0.717, 1.165) is 12.0 Å². The highest BCUT2D eigenvalue weighted by molar-refractivity contribution is 6.30. The molecule has 8 heteroatoms. The Balaban J connectivity index is 2.44. The summed E-state index contributed by atoms with van der Waals surface area (Å²) in [5.41, 5.74) is 0.771. The minimum absolute atomic E-state index is 0.0281. The highest BCUT2D eigenvalue weighted by Crippen LogP contribution is 2.19. The number of nitrogens with zero attached hydrogens (tertiary/aromatic N) is 5. The van der Waals surface area contributed by atoms with Crippen LogP contribution in [0.4, 0.5) is 0 Å². The molecule has 19 heavy (non-hydrogen) atoms. The lowest BCUT2D eigenvalue weighted by atomic mass is 10.2. The Labute approximate surface area is 114 Å². The van der Waals surface area contributed by atoms with Crippen molar-refractivity contribution in [2.75, 3.05) is 7.11 Å². The van der Waals surface area contributed by atoms with Crippen LogP contribution in [0.25, 0.3) is 5.82 Å². The molecule has 0 aromatic carbocycles. The molecule has 0 atom stereocenters. The molecule has 0 spiro atoms. The average molecular weight is 282 g/mol. The molecular formula is C11H12ClN5O2. The van der Waals surface area contributed by atoms with Gasteiger partial charge in [0.2, 0.25) is 0 Å². The molecule has 0 aliphatic rings. The number of carbonyl (C=O) groups excluding carboxylic acids is 1. The van der Waals surface area contributed by atoms with E-state index in [1.807, 2.05) is 6.92 Å². The third-order valence-corrected chi connectivity index (χ3v) is 2.77. The van der Waals surface area contributed by atoms with Crippen molar-refractivity contribution < 1.29 is 9.53 Å². The number of halogens is 1. The Morgan fingerprint density at radius 2 is 2.21 bits per heavy atom. The van der Waals surface area contributed by atoms with Crippen molar-refractivity contribution in [2.45, 2.75) is 19.8 Å². The standard InChI is InChI=1S/C11H12ClN5O2/c1-3-4-7-8(12)13-5-14-10(7)17-6-15-9(16-17)11(18)19-2/h5-6H,3-4H2,1-2H3. The Kier molecular flexibility index (Phi) is 4.06. The van der Waals surface area contributed by atoms with E-state index >= 15 is 0 Å². The van der Waals surface area contributed by atoms with Crippen LogP contribution in [0.2, 0.25) is 5.15 Å². The summed E-state index contributed by atoms with van der Waals surface area (Å²) >= 11 is 6.05. The first kappa shape index (κ1) is 13.4. The third kappa shape index (κ3) is 2.70. The van der Waals surface area contributed by atoms with Crippen LogP contribution in [0.3, 0.4) is 0 Å². The monoisotopic (exact) mass is 281 g/mol. The van der Waals surface area contributed by atoms with Crippen LogP contribution in [-0.2, 0) is 11.2 Å². The molecule has 0 N–H and O–H groups in total. The maximum absolute atomic E-state index is 11.3. The van der Waals surface area contributed by atoms with Gasteiger partial charge in [0.05, 0.1) is 7.11 Å². The predicted octanol–water partition coefficient (Wildman–Crippen LogP) is 1.45. The van der Waals surface area contributed by atoms with Crippen LogP contribution in [-0.4, -0.2) is 37.8 Å². The molecule has 0 bridgehead atoms.